The Morgan fingerprint density at radius 1 is 0.654 bits per heavy atom. The number of methoxy groups -OCH3 is 2. The van der Waals surface area contributed by atoms with Crippen molar-refractivity contribution in [2.45, 2.75) is 12.2 Å². The van der Waals surface area contributed by atoms with E-state index in [1.54, 1.807) is 14.2 Å². The van der Waals surface area contributed by atoms with Crippen LogP contribution >= 0.6 is 0 Å². The van der Waals surface area contributed by atoms with Gasteiger partial charge in [-0.1, -0.05) is 24.3 Å². The molecule has 0 spiro atoms. The van der Waals surface area contributed by atoms with Crippen LogP contribution in [0.25, 0.3) is 0 Å². The van der Waals surface area contributed by atoms with Crippen LogP contribution in [0.15, 0.2) is 48.5 Å². The molecule has 0 amide bonds. The Hall–Kier alpha value is -2.12. The van der Waals surface area contributed by atoms with E-state index >= 15 is 0 Å². The summed E-state index contributed by atoms with van der Waals surface area (Å²) in [5, 5.41) is 18.4. The molecule has 0 saturated heterocycles. The first-order valence-corrected chi connectivity index (χ1v) is 8.46. The number of aliphatic hydroxyl groups is 2. The molecule has 6 nitrogen and oxygen atoms in total. The SMILES string of the molecule is COc1ccc(C(OCCO)C(OCCO)c2ccc(OC)cc2)cc1. The molecule has 0 aliphatic heterocycles. The Kier molecular flexibility index (Phi) is 8.37. The van der Waals surface area contributed by atoms with Gasteiger partial charge >= 0.3 is 0 Å². The zero-order valence-corrected chi connectivity index (χ0v) is 15.1. The maximum atomic E-state index is 9.20. The van der Waals surface area contributed by atoms with Crippen molar-refractivity contribution >= 4 is 0 Å². The fourth-order valence-electron chi connectivity index (χ4n) is 2.66. The lowest BCUT2D eigenvalue weighted by atomic mass is 9.97. The monoisotopic (exact) mass is 362 g/mol. The number of aliphatic hydroxyl groups excluding tert-OH is 2. The lowest BCUT2D eigenvalue weighted by molar-refractivity contribution is -0.0900. The molecule has 0 aliphatic rings. The molecule has 0 radical (unpaired) electrons. The van der Waals surface area contributed by atoms with Crippen molar-refractivity contribution in [3.8, 4) is 11.5 Å². The Balaban J connectivity index is 2.34. The van der Waals surface area contributed by atoms with Crippen LogP contribution in [0.4, 0.5) is 0 Å². The van der Waals surface area contributed by atoms with Gasteiger partial charge in [0.05, 0.1) is 40.6 Å². The van der Waals surface area contributed by atoms with Gasteiger partial charge in [0.1, 0.15) is 23.7 Å². The van der Waals surface area contributed by atoms with Crippen LogP contribution in [0.3, 0.4) is 0 Å². The molecule has 2 atom stereocenters. The number of rotatable bonds is 11. The van der Waals surface area contributed by atoms with Gasteiger partial charge in [-0.05, 0) is 35.4 Å². The van der Waals surface area contributed by atoms with Gasteiger partial charge in [0.2, 0.25) is 0 Å². The van der Waals surface area contributed by atoms with Crippen LogP contribution in [0.2, 0.25) is 0 Å². The first kappa shape index (κ1) is 20.2. The van der Waals surface area contributed by atoms with Gasteiger partial charge in [-0.2, -0.15) is 0 Å². The van der Waals surface area contributed by atoms with Crippen LogP contribution in [-0.2, 0) is 9.47 Å². The molecule has 2 aromatic rings. The summed E-state index contributed by atoms with van der Waals surface area (Å²) in [5.74, 6) is 1.49. The summed E-state index contributed by atoms with van der Waals surface area (Å²) in [6.45, 7) is 0.154. The molecule has 0 heterocycles. The maximum absolute atomic E-state index is 9.20. The van der Waals surface area contributed by atoms with Crippen LogP contribution in [0.1, 0.15) is 23.3 Å². The first-order valence-electron chi connectivity index (χ1n) is 8.46. The number of ether oxygens (including phenoxy) is 4. The van der Waals surface area contributed by atoms with Crippen molar-refractivity contribution in [3.63, 3.8) is 0 Å². The van der Waals surface area contributed by atoms with E-state index in [2.05, 4.69) is 0 Å². The van der Waals surface area contributed by atoms with E-state index in [4.69, 9.17) is 18.9 Å². The summed E-state index contributed by atoms with van der Waals surface area (Å²) in [6, 6.07) is 15.0. The molecule has 2 rings (SSSR count). The average Bonchev–Trinajstić information content (AvgIpc) is 2.71. The molecular formula is C20H26O6. The van der Waals surface area contributed by atoms with Crippen molar-refractivity contribution in [2.75, 3.05) is 40.6 Å². The van der Waals surface area contributed by atoms with Crippen molar-refractivity contribution in [3.05, 3.63) is 59.7 Å². The molecule has 2 unspecified atom stereocenters. The Labute approximate surface area is 153 Å². The predicted molar refractivity (Wildman–Crippen MR) is 97.5 cm³/mol. The highest BCUT2D eigenvalue weighted by Crippen LogP contribution is 2.36. The normalized spacial score (nSPS) is 13.2. The largest absolute Gasteiger partial charge is 0.497 e. The molecule has 26 heavy (non-hydrogen) atoms. The summed E-state index contributed by atoms with van der Waals surface area (Å²) < 4.78 is 22.2. The van der Waals surface area contributed by atoms with Crippen LogP contribution in [0.5, 0.6) is 11.5 Å². The maximum Gasteiger partial charge on any atom is 0.118 e. The molecule has 0 aromatic heterocycles. The highest BCUT2D eigenvalue weighted by Gasteiger charge is 2.27. The molecule has 0 saturated carbocycles. The molecule has 142 valence electrons. The van der Waals surface area contributed by atoms with E-state index in [0.29, 0.717) is 0 Å². The van der Waals surface area contributed by atoms with Crippen molar-refractivity contribution in [1.82, 2.24) is 0 Å². The zero-order chi connectivity index (χ0) is 18.8. The molecule has 0 aliphatic carbocycles. The topological polar surface area (TPSA) is 77.4 Å². The second-order valence-corrected chi connectivity index (χ2v) is 5.58. The zero-order valence-electron chi connectivity index (χ0n) is 15.1. The number of benzene rings is 2. The standard InChI is InChI=1S/C20H26O6/c1-23-17-7-3-15(4-8-17)19(25-13-11-21)20(26-14-12-22)16-5-9-18(24-2)10-6-16/h3-10,19-22H,11-14H2,1-2H3. The molecule has 0 bridgehead atoms. The van der Waals surface area contributed by atoms with E-state index in [1.807, 2.05) is 48.5 Å². The van der Waals surface area contributed by atoms with Gasteiger partial charge in [-0.25, -0.2) is 0 Å². The van der Waals surface area contributed by atoms with E-state index < -0.39 is 12.2 Å². The lowest BCUT2D eigenvalue weighted by Crippen LogP contribution is -2.20. The third-order valence-electron chi connectivity index (χ3n) is 3.94. The molecule has 2 N–H and O–H groups in total. The third kappa shape index (κ3) is 5.44. The number of hydrogen-bond acceptors (Lipinski definition) is 6. The Morgan fingerprint density at radius 3 is 1.27 bits per heavy atom. The van der Waals surface area contributed by atoms with Gasteiger partial charge in [0, 0.05) is 0 Å². The minimum absolute atomic E-state index is 0.0953. The smallest absolute Gasteiger partial charge is 0.118 e. The van der Waals surface area contributed by atoms with E-state index in [-0.39, 0.29) is 26.4 Å². The average molecular weight is 362 g/mol. The fraction of sp³-hybridized carbons (Fsp3) is 0.400. The van der Waals surface area contributed by atoms with E-state index in [0.717, 1.165) is 22.6 Å². The minimum Gasteiger partial charge on any atom is -0.497 e. The van der Waals surface area contributed by atoms with Crippen LogP contribution in [-0.4, -0.2) is 50.9 Å². The van der Waals surface area contributed by atoms with Gasteiger partial charge < -0.3 is 29.2 Å². The lowest BCUT2D eigenvalue weighted by Gasteiger charge is -2.28. The summed E-state index contributed by atoms with van der Waals surface area (Å²) >= 11 is 0. The minimum atomic E-state index is -0.451. The van der Waals surface area contributed by atoms with Gasteiger partial charge in [0.25, 0.3) is 0 Å². The molecule has 2 aromatic carbocycles. The van der Waals surface area contributed by atoms with Crippen molar-refractivity contribution in [2.24, 2.45) is 0 Å². The summed E-state index contributed by atoms with van der Waals surface area (Å²) in [5.41, 5.74) is 1.77. The summed E-state index contributed by atoms with van der Waals surface area (Å²) in [7, 11) is 3.22. The summed E-state index contributed by atoms with van der Waals surface area (Å²) in [4.78, 5) is 0. The van der Waals surface area contributed by atoms with Crippen molar-refractivity contribution < 1.29 is 29.2 Å². The van der Waals surface area contributed by atoms with Gasteiger partial charge in [-0.15, -0.1) is 0 Å². The first-order chi connectivity index (χ1) is 12.7. The van der Waals surface area contributed by atoms with Gasteiger partial charge in [-0.3, -0.25) is 0 Å². The fourth-order valence-corrected chi connectivity index (χ4v) is 2.66. The molecule has 6 heteroatoms. The highest BCUT2D eigenvalue weighted by molar-refractivity contribution is 5.33. The highest BCUT2D eigenvalue weighted by atomic mass is 16.5. The molecular weight excluding hydrogens is 336 g/mol. The second-order valence-electron chi connectivity index (χ2n) is 5.58. The van der Waals surface area contributed by atoms with Gasteiger partial charge in [0.15, 0.2) is 0 Å². The third-order valence-corrected chi connectivity index (χ3v) is 3.94. The number of hydrogen-bond donors (Lipinski definition) is 2. The van der Waals surface area contributed by atoms with Crippen LogP contribution in [0, 0.1) is 0 Å². The van der Waals surface area contributed by atoms with E-state index in [1.165, 1.54) is 0 Å². The van der Waals surface area contributed by atoms with Crippen LogP contribution < -0.4 is 9.47 Å². The molecule has 0 fully saturated rings. The predicted octanol–water partition coefficient (Wildman–Crippen LogP) is 2.50. The van der Waals surface area contributed by atoms with Crippen molar-refractivity contribution in [1.29, 1.82) is 0 Å². The summed E-state index contributed by atoms with van der Waals surface area (Å²) in [6.07, 6.45) is -0.902. The van der Waals surface area contributed by atoms with E-state index in [9.17, 15) is 10.2 Å². The second kappa shape index (κ2) is 10.8. The Morgan fingerprint density at radius 2 is 1.00 bits per heavy atom. The Bertz CT molecular complexity index is 568. The quantitative estimate of drug-likeness (QED) is 0.640.